The van der Waals surface area contributed by atoms with Crippen molar-refractivity contribution in [1.82, 2.24) is 4.90 Å². The van der Waals surface area contributed by atoms with Crippen LogP contribution < -0.4 is 0 Å². The van der Waals surface area contributed by atoms with E-state index < -0.39 is 0 Å². The summed E-state index contributed by atoms with van der Waals surface area (Å²) in [6, 6.07) is 0.608. The van der Waals surface area contributed by atoms with Gasteiger partial charge in [0.25, 0.3) is 0 Å². The smallest absolute Gasteiger partial charge is 0.331 e. The molecule has 0 aromatic carbocycles. The fraction of sp³-hybridized carbons (Fsp3) is 0.909. The number of hydrogen-bond donors (Lipinski definition) is 0. The second-order valence-corrected chi connectivity index (χ2v) is 4.05. The molecule has 0 amide bonds. The first-order valence-corrected chi connectivity index (χ1v) is 5.59. The van der Waals surface area contributed by atoms with E-state index in [-0.39, 0.29) is 18.7 Å². The van der Waals surface area contributed by atoms with Crippen molar-refractivity contribution in [2.45, 2.75) is 38.8 Å². The zero-order chi connectivity index (χ0) is 11.3. The first kappa shape index (κ1) is 12.5. The normalized spacial score (nSPS) is 24.1. The number of rotatable bonds is 5. The molecule has 1 rings (SSSR count). The van der Waals surface area contributed by atoms with Gasteiger partial charge in [0.15, 0.2) is 0 Å². The Morgan fingerprint density at radius 1 is 1.60 bits per heavy atom. The van der Waals surface area contributed by atoms with Crippen LogP contribution >= 0.6 is 0 Å². The molecule has 4 nitrogen and oxygen atoms in total. The summed E-state index contributed by atoms with van der Waals surface area (Å²) in [4.78, 5) is 13.3. The molecule has 0 aromatic heterocycles. The lowest BCUT2D eigenvalue weighted by molar-refractivity contribution is -0.147. The van der Waals surface area contributed by atoms with Crippen LogP contribution in [0, 0.1) is 0 Å². The van der Waals surface area contributed by atoms with Crippen molar-refractivity contribution in [3.05, 3.63) is 0 Å². The van der Waals surface area contributed by atoms with Gasteiger partial charge >= 0.3 is 5.97 Å². The molecule has 1 heterocycles. The van der Waals surface area contributed by atoms with Crippen LogP contribution in [0.4, 0.5) is 0 Å². The fourth-order valence-corrected chi connectivity index (χ4v) is 1.79. The minimum Gasteiger partial charge on any atom is -0.467 e. The van der Waals surface area contributed by atoms with E-state index in [0.29, 0.717) is 6.04 Å². The van der Waals surface area contributed by atoms with E-state index in [1.165, 1.54) is 7.11 Å². The lowest BCUT2D eigenvalue weighted by atomic mass is 10.2. The summed E-state index contributed by atoms with van der Waals surface area (Å²) in [6.07, 6.45) is 2.36. The highest BCUT2D eigenvalue weighted by Crippen LogP contribution is 2.16. The molecule has 4 heteroatoms. The van der Waals surface area contributed by atoms with Gasteiger partial charge in [0, 0.05) is 19.1 Å². The van der Waals surface area contributed by atoms with Crippen molar-refractivity contribution in [2.75, 3.05) is 26.8 Å². The Labute approximate surface area is 91.5 Å². The van der Waals surface area contributed by atoms with Gasteiger partial charge in [0.2, 0.25) is 0 Å². The Bertz CT molecular complexity index is 208. The highest BCUT2D eigenvalue weighted by atomic mass is 16.6. The van der Waals surface area contributed by atoms with Gasteiger partial charge in [-0.15, -0.1) is 0 Å². The molecule has 1 aliphatic rings. The number of likely N-dealkylation sites (tertiary alicyclic amines) is 1. The van der Waals surface area contributed by atoms with Gasteiger partial charge in [-0.05, 0) is 19.8 Å². The molecule has 1 fully saturated rings. The third kappa shape index (κ3) is 3.80. The van der Waals surface area contributed by atoms with Gasteiger partial charge in [-0.1, -0.05) is 6.92 Å². The predicted molar refractivity (Wildman–Crippen MR) is 57.7 cm³/mol. The molecule has 0 aromatic rings. The van der Waals surface area contributed by atoms with Crippen LogP contribution in [0.1, 0.15) is 26.7 Å². The van der Waals surface area contributed by atoms with E-state index in [1.54, 1.807) is 0 Å². The monoisotopic (exact) mass is 215 g/mol. The molecule has 0 spiro atoms. The number of hydrogen-bond acceptors (Lipinski definition) is 4. The van der Waals surface area contributed by atoms with Crippen molar-refractivity contribution < 1.29 is 14.3 Å². The molecule has 0 N–H and O–H groups in total. The van der Waals surface area contributed by atoms with Crippen LogP contribution in [-0.2, 0) is 14.3 Å². The summed E-state index contributed by atoms with van der Waals surface area (Å²) in [7, 11) is 1.38. The third-order valence-electron chi connectivity index (χ3n) is 3.06. The van der Waals surface area contributed by atoms with Crippen LogP contribution in [0.25, 0.3) is 0 Å². The topological polar surface area (TPSA) is 38.8 Å². The summed E-state index contributed by atoms with van der Waals surface area (Å²) < 4.78 is 9.99. The Kier molecular flexibility index (Phi) is 5.05. The minimum absolute atomic E-state index is 0.0789. The molecule has 0 saturated carbocycles. The summed E-state index contributed by atoms with van der Waals surface area (Å²) in [5.74, 6) is -0.294. The van der Waals surface area contributed by atoms with Crippen LogP contribution in [0.3, 0.4) is 0 Å². The number of methoxy groups -OCH3 is 1. The predicted octanol–water partition coefficient (Wildman–Crippen LogP) is 1.05. The SMILES string of the molecule is CCC(C)N1CC[C@@H](OCC(=O)OC)C1. The van der Waals surface area contributed by atoms with Gasteiger partial charge in [-0.2, -0.15) is 0 Å². The standard InChI is InChI=1S/C11H21NO3/c1-4-9(2)12-6-5-10(7-12)15-8-11(13)14-3/h9-10H,4-8H2,1-3H3/t9?,10-/m1/s1. The zero-order valence-electron chi connectivity index (χ0n) is 9.86. The number of carbonyl (C=O) groups excluding carboxylic acids is 1. The molecule has 2 atom stereocenters. The summed E-state index contributed by atoms with van der Waals surface area (Å²) >= 11 is 0. The highest BCUT2D eigenvalue weighted by Gasteiger charge is 2.26. The first-order valence-electron chi connectivity index (χ1n) is 5.59. The maximum atomic E-state index is 10.9. The van der Waals surface area contributed by atoms with Crippen molar-refractivity contribution in [3.8, 4) is 0 Å². The number of carbonyl (C=O) groups is 1. The maximum Gasteiger partial charge on any atom is 0.331 e. The molecule has 88 valence electrons. The van der Waals surface area contributed by atoms with Crippen molar-refractivity contribution >= 4 is 5.97 Å². The van der Waals surface area contributed by atoms with E-state index in [0.717, 1.165) is 25.9 Å². The third-order valence-corrected chi connectivity index (χ3v) is 3.06. The van der Waals surface area contributed by atoms with E-state index in [2.05, 4.69) is 23.5 Å². The molecule has 0 aliphatic carbocycles. The molecular formula is C11H21NO3. The second kappa shape index (κ2) is 6.08. The highest BCUT2D eigenvalue weighted by molar-refractivity contribution is 5.70. The summed E-state index contributed by atoms with van der Waals surface area (Å²) in [5.41, 5.74) is 0. The van der Waals surface area contributed by atoms with Gasteiger partial charge < -0.3 is 9.47 Å². The summed E-state index contributed by atoms with van der Waals surface area (Å²) in [6.45, 7) is 6.50. The van der Waals surface area contributed by atoms with E-state index >= 15 is 0 Å². The number of ether oxygens (including phenoxy) is 2. The maximum absolute atomic E-state index is 10.9. The molecule has 15 heavy (non-hydrogen) atoms. The first-order chi connectivity index (χ1) is 7.17. The van der Waals surface area contributed by atoms with Crippen LogP contribution in [0.5, 0.6) is 0 Å². The number of nitrogens with zero attached hydrogens (tertiary/aromatic N) is 1. The molecule has 1 saturated heterocycles. The molecule has 0 radical (unpaired) electrons. The Hall–Kier alpha value is -0.610. The average Bonchev–Trinajstić information content (AvgIpc) is 2.73. The van der Waals surface area contributed by atoms with E-state index in [9.17, 15) is 4.79 Å². The average molecular weight is 215 g/mol. The zero-order valence-corrected chi connectivity index (χ0v) is 9.86. The van der Waals surface area contributed by atoms with Gasteiger partial charge in [-0.25, -0.2) is 4.79 Å². The second-order valence-electron chi connectivity index (χ2n) is 4.05. The van der Waals surface area contributed by atoms with Crippen LogP contribution in [0.2, 0.25) is 0 Å². The lowest BCUT2D eigenvalue weighted by Crippen LogP contribution is -2.32. The van der Waals surface area contributed by atoms with Crippen LogP contribution in [-0.4, -0.2) is 49.8 Å². The van der Waals surface area contributed by atoms with Crippen molar-refractivity contribution in [1.29, 1.82) is 0 Å². The van der Waals surface area contributed by atoms with E-state index in [1.807, 2.05) is 0 Å². The summed E-state index contributed by atoms with van der Waals surface area (Å²) in [5, 5.41) is 0. The fourth-order valence-electron chi connectivity index (χ4n) is 1.79. The molecule has 1 unspecified atom stereocenters. The Morgan fingerprint density at radius 2 is 2.33 bits per heavy atom. The number of esters is 1. The van der Waals surface area contributed by atoms with Crippen LogP contribution in [0.15, 0.2) is 0 Å². The van der Waals surface area contributed by atoms with Gasteiger partial charge in [0.1, 0.15) is 6.61 Å². The van der Waals surface area contributed by atoms with Crippen molar-refractivity contribution in [2.24, 2.45) is 0 Å². The largest absolute Gasteiger partial charge is 0.467 e. The quantitative estimate of drug-likeness (QED) is 0.643. The minimum atomic E-state index is -0.294. The molecule has 1 aliphatic heterocycles. The van der Waals surface area contributed by atoms with E-state index in [4.69, 9.17) is 4.74 Å². The van der Waals surface area contributed by atoms with Crippen molar-refractivity contribution in [3.63, 3.8) is 0 Å². The Balaban J connectivity index is 2.21. The van der Waals surface area contributed by atoms with Gasteiger partial charge in [0.05, 0.1) is 13.2 Å². The Morgan fingerprint density at radius 3 is 2.93 bits per heavy atom. The molecular weight excluding hydrogens is 194 g/mol. The molecule has 0 bridgehead atoms. The lowest BCUT2D eigenvalue weighted by Gasteiger charge is -2.22. The van der Waals surface area contributed by atoms with Gasteiger partial charge in [-0.3, -0.25) is 4.90 Å².